The number of carbonyl (C=O) groups is 1. The minimum Gasteiger partial charge on any atom is -0.493 e. The van der Waals surface area contributed by atoms with Crippen molar-refractivity contribution in [2.24, 2.45) is 0 Å². The molecule has 176 valence electrons. The Bertz CT molecular complexity index is 927. The average molecular weight is 451 g/mol. The lowest BCUT2D eigenvalue weighted by Gasteiger charge is -2.38. The van der Waals surface area contributed by atoms with Crippen LogP contribution in [0.25, 0.3) is 10.8 Å². The van der Waals surface area contributed by atoms with Gasteiger partial charge in [-0.2, -0.15) is 18.2 Å². The Morgan fingerprint density at radius 2 is 1.75 bits per heavy atom. The highest BCUT2D eigenvalue weighted by atomic mass is 19.4. The van der Waals surface area contributed by atoms with Crippen LogP contribution < -0.4 is 10.2 Å². The van der Waals surface area contributed by atoms with Gasteiger partial charge in [-0.1, -0.05) is 69.4 Å². The first-order valence-electron chi connectivity index (χ1n) is 11.4. The van der Waals surface area contributed by atoms with Crippen molar-refractivity contribution in [2.45, 2.75) is 83.5 Å². The van der Waals surface area contributed by atoms with Gasteiger partial charge in [-0.15, -0.1) is 0 Å². The number of hydrazine groups is 1. The second kappa shape index (κ2) is 10.1. The van der Waals surface area contributed by atoms with Gasteiger partial charge in [0.05, 0.1) is 6.61 Å². The lowest BCUT2D eigenvalue weighted by atomic mass is 9.93. The van der Waals surface area contributed by atoms with E-state index in [0.717, 1.165) is 30.7 Å². The molecular formula is C25H33F3N2O2. The Labute approximate surface area is 188 Å². The fraction of sp³-hybridized carbons (Fsp3) is 0.560. The van der Waals surface area contributed by atoms with Crippen molar-refractivity contribution < 1.29 is 22.7 Å². The van der Waals surface area contributed by atoms with Gasteiger partial charge in [0.2, 0.25) is 5.91 Å². The number of nitrogens with zero attached hydrogens (tertiary/aromatic N) is 1. The van der Waals surface area contributed by atoms with Gasteiger partial charge in [0.15, 0.2) is 6.04 Å². The topological polar surface area (TPSA) is 41.6 Å². The van der Waals surface area contributed by atoms with E-state index in [2.05, 4.69) is 12.3 Å². The molecule has 0 radical (unpaired) electrons. The molecule has 7 heteroatoms. The molecular weight excluding hydrogens is 417 g/mol. The fourth-order valence-corrected chi connectivity index (χ4v) is 4.40. The quantitative estimate of drug-likeness (QED) is 0.410. The van der Waals surface area contributed by atoms with E-state index in [9.17, 15) is 18.0 Å². The first-order valence-corrected chi connectivity index (χ1v) is 11.4. The highest BCUT2D eigenvalue weighted by Gasteiger charge is 2.54. The normalized spacial score (nSPS) is 17.5. The van der Waals surface area contributed by atoms with Crippen LogP contribution in [0.4, 0.5) is 13.2 Å². The first kappa shape index (κ1) is 24.4. The SMILES string of the molecule is CCCCCCCCOc1ccc2ccccc2c1[C@H](N1NC(=O)CC1(C)C)C(F)(F)F. The number of nitrogens with one attached hydrogen (secondary N) is 1. The second-order valence-corrected chi connectivity index (χ2v) is 9.15. The Morgan fingerprint density at radius 1 is 1.06 bits per heavy atom. The summed E-state index contributed by atoms with van der Waals surface area (Å²) in [5.74, 6) is -0.199. The van der Waals surface area contributed by atoms with E-state index in [4.69, 9.17) is 4.74 Å². The summed E-state index contributed by atoms with van der Waals surface area (Å²) in [7, 11) is 0. The molecule has 0 bridgehead atoms. The summed E-state index contributed by atoms with van der Waals surface area (Å²) < 4.78 is 49.6. The first-order chi connectivity index (χ1) is 15.1. The van der Waals surface area contributed by atoms with E-state index in [0.29, 0.717) is 17.4 Å². The van der Waals surface area contributed by atoms with Crippen LogP contribution >= 0.6 is 0 Å². The van der Waals surface area contributed by atoms with Crippen LogP contribution in [0.15, 0.2) is 36.4 Å². The van der Waals surface area contributed by atoms with Crippen LogP contribution in [0.1, 0.15) is 77.3 Å². The lowest BCUT2D eigenvalue weighted by molar-refractivity contribution is -0.203. The monoisotopic (exact) mass is 450 g/mol. The van der Waals surface area contributed by atoms with Gasteiger partial charge in [0, 0.05) is 17.5 Å². The third-order valence-electron chi connectivity index (χ3n) is 6.02. The molecule has 3 rings (SSSR count). The van der Waals surface area contributed by atoms with E-state index >= 15 is 0 Å². The third-order valence-corrected chi connectivity index (χ3v) is 6.02. The predicted octanol–water partition coefficient (Wildman–Crippen LogP) is 6.70. The Balaban J connectivity index is 1.96. The lowest BCUT2D eigenvalue weighted by Crippen LogP contribution is -2.51. The van der Waals surface area contributed by atoms with Crippen LogP contribution in [0, 0.1) is 0 Å². The molecule has 1 heterocycles. The molecule has 1 fully saturated rings. The van der Waals surface area contributed by atoms with Gasteiger partial charge in [-0.3, -0.25) is 10.2 Å². The minimum atomic E-state index is -4.61. The second-order valence-electron chi connectivity index (χ2n) is 9.15. The van der Waals surface area contributed by atoms with Gasteiger partial charge >= 0.3 is 6.18 Å². The molecule has 1 saturated heterocycles. The van der Waals surface area contributed by atoms with Gasteiger partial charge in [0.1, 0.15) is 5.75 Å². The molecule has 4 nitrogen and oxygen atoms in total. The Morgan fingerprint density at radius 3 is 2.41 bits per heavy atom. The van der Waals surface area contributed by atoms with Crippen molar-refractivity contribution in [1.82, 2.24) is 10.4 Å². The number of alkyl halides is 3. The fourth-order valence-electron chi connectivity index (χ4n) is 4.40. The number of benzene rings is 2. The van der Waals surface area contributed by atoms with E-state index < -0.39 is 23.7 Å². The number of ether oxygens (including phenoxy) is 1. The average Bonchev–Trinajstić information content (AvgIpc) is 2.99. The van der Waals surface area contributed by atoms with Crippen LogP contribution in [0.2, 0.25) is 0 Å². The van der Waals surface area contributed by atoms with Crippen LogP contribution in [0.5, 0.6) is 5.75 Å². The molecule has 32 heavy (non-hydrogen) atoms. The van der Waals surface area contributed by atoms with Gasteiger partial charge < -0.3 is 4.74 Å². The maximum Gasteiger partial charge on any atom is 0.410 e. The standard InChI is InChI=1S/C25H33F3N2O2/c1-4-5-6-7-8-11-16-32-20-15-14-18-12-9-10-13-19(18)22(20)23(25(26,27)28)30-24(2,3)17-21(31)29-30/h9-10,12-15,23H,4-8,11,16-17H2,1-3H3,(H,29,31)/t23-/m0/s1. The molecule has 2 aromatic rings. The van der Waals surface area contributed by atoms with Gasteiger partial charge in [-0.05, 0) is 37.1 Å². The molecule has 1 N–H and O–H groups in total. The third kappa shape index (κ3) is 5.55. The van der Waals surface area contributed by atoms with Crippen molar-refractivity contribution in [1.29, 1.82) is 0 Å². The number of carbonyl (C=O) groups excluding carboxylic acids is 1. The highest BCUT2D eigenvalue weighted by Crippen LogP contribution is 2.48. The summed E-state index contributed by atoms with van der Waals surface area (Å²) in [5, 5.41) is 2.23. The Hall–Kier alpha value is -2.28. The van der Waals surface area contributed by atoms with Gasteiger partial charge in [-0.25, -0.2) is 0 Å². The number of hydrogen-bond donors (Lipinski definition) is 1. The molecule has 1 atom stereocenters. The molecule has 0 saturated carbocycles. The van der Waals surface area contributed by atoms with Crippen molar-refractivity contribution in [2.75, 3.05) is 6.61 Å². The summed E-state index contributed by atoms with van der Waals surface area (Å²) in [4.78, 5) is 12.0. The minimum absolute atomic E-state index is 0.00169. The van der Waals surface area contributed by atoms with E-state index in [1.807, 2.05) is 0 Å². The molecule has 0 aliphatic carbocycles. The number of halogens is 3. The molecule has 2 aromatic carbocycles. The molecule has 0 spiro atoms. The van der Waals surface area contributed by atoms with Crippen molar-refractivity contribution in [3.8, 4) is 5.75 Å². The molecule has 1 aliphatic rings. The predicted molar refractivity (Wildman–Crippen MR) is 120 cm³/mol. The zero-order chi connectivity index (χ0) is 23.4. The van der Waals surface area contributed by atoms with Crippen molar-refractivity contribution in [3.05, 3.63) is 42.0 Å². The van der Waals surface area contributed by atoms with E-state index in [-0.39, 0.29) is 17.7 Å². The Kier molecular flexibility index (Phi) is 7.70. The highest BCUT2D eigenvalue weighted by molar-refractivity contribution is 5.88. The number of hydrogen-bond acceptors (Lipinski definition) is 3. The maximum atomic E-state index is 14.5. The van der Waals surface area contributed by atoms with E-state index in [1.54, 1.807) is 50.2 Å². The molecule has 1 amide bonds. The summed E-state index contributed by atoms with van der Waals surface area (Å²) in [5.41, 5.74) is 1.51. The zero-order valence-corrected chi connectivity index (χ0v) is 19.1. The molecule has 0 unspecified atom stereocenters. The summed E-state index contributed by atoms with van der Waals surface area (Å²) in [6.07, 6.45) is 1.78. The van der Waals surface area contributed by atoms with Gasteiger partial charge in [0.25, 0.3) is 0 Å². The zero-order valence-electron chi connectivity index (χ0n) is 19.1. The number of rotatable bonds is 10. The molecule has 1 aliphatic heterocycles. The van der Waals surface area contributed by atoms with Crippen LogP contribution in [0.3, 0.4) is 0 Å². The number of unbranched alkanes of at least 4 members (excludes halogenated alkanes) is 5. The number of fused-ring (bicyclic) bond motifs is 1. The largest absolute Gasteiger partial charge is 0.493 e. The summed E-state index contributed by atoms with van der Waals surface area (Å²) in [6.45, 7) is 5.81. The molecule has 0 aromatic heterocycles. The maximum absolute atomic E-state index is 14.5. The van der Waals surface area contributed by atoms with Crippen molar-refractivity contribution >= 4 is 16.7 Å². The van der Waals surface area contributed by atoms with E-state index in [1.165, 1.54) is 12.8 Å². The summed E-state index contributed by atoms with van der Waals surface area (Å²) in [6, 6.07) is 8.39. The van der Waals surface area contributed by atoms with Crippen molar-refractivity contribution in [3.63, 3.8) is 0 Å². The smallest absolute Gasteiger partial charge is 0.410 e. The van der Waals surface area contributed by atoms with Crippen LogP contribution in [-0.2, 0) is 4.79 Å². The number of amides is 1. The summed E-state index contributed by atoms with van der Waals surface area (Å²) >= 11 is 0. The van der Waals surface area contributed by atoms with Crippen LogP contribution in [-0.4, -0.2) is 29.2 Å².